The topological polar surface area (TPSA) is 120 Å². The summed E-state index contributed by atoms with van der Waals surface area (Å²) in [6.07, 6.45) is 0. The fourth-order valence-electron chi connectivity index (χ4n) is 0.816. The van der Waals surface area contributed by atoms with Gasteiger partial charge in [-0.3, -0.25) is 0 Å². The van der Waals surface area contributed by atoms with Crippen LogP contribution in [0.15, 0.2) is 0 Å². The first kappa shape index (κ1) is 31.7. The van der Waals surface area contributed by atoms with Crippen molar-refractivity contribution in [3.05, 3.63) is 0 Å². The van der Waals surface area contributed by atoms with Crippen LogP contribution in [0.1, 0.15) is 62.3 Å². The molecule has 0 spiro atoms. The maximum Gasteiger partial charge on any atom is 3.00 e. The number of hydrogen-bond donors (Lipinski definition) is 0. The Morgan fingerprint density at radius 2 is 0.600 bits per heavy atom. The average Bonchev–Trinajstić information content (AvgIpc) is 2.45. The van der Waals surface area contributed by atoms with Gasteiger partial charge < -0.3 is 29.7 Å². The summed E-state index contributed by atoms with van der Waals surface area (Å²) in [6, 6.07) is 0. The minimum absolute atomic E-state index is 0. The van der Waals surface area contributed by atoms with E-state index >= 15 is 0 Å². The largest absolute Gasteiger partial charge is 3.00 e. The van der Waals surface area contributed by atoms with E-state index in [9.17, 15) is 29.7 Å². The number of carbonyl (C=O) groups excluding carboxylic acids is 3. The van der Waals surface area contributed by atoms with Crippen molar-refractivity contribution in [2.75, 3.05) is 0 Å². The van der Waals surface area contributed by atoms with E-state index in [0.717, 1.165) is 0 Å². The molecule has 3 atom stereocenters. The van der Waals surface area contributed by atoms with Crippen LogP contribution in [-0.4, -0.2) is 17.9 Å². The van der Waals surface area contributed by atoms with Gasteiger partial charge in [0.15, 0.2) is 0 Å². The van der Waals surface area contributed by atoms with E-state index in [1.165, 1.54) is 0 Å². The predicted molar refractivity (Wildman–Crippen MR) is 87.0 cm³/mol. The van der Waals surface area contributed by atoms with Crippen molar-refractivity contribution < 1.29 is 46.8 Å². The molecular weight excluding hydrogens is 368 g/mol. The van der Waals surface area contributed by atoms with Crippen LogP contribution in [0.2, 0.25) is 0 Å². The van der Waals surface area contributed by atoms with Crippen molar-refractivity contribution in [2.24, 2.45) is 35.5 Å². The van der Waals surface area contributed by atoms with Gasteiger partial charge in [-0.25, -0.2) is 0 Å². The van der Waals surface area contributed by atoms with Crippen molar-refractivity contribution in [3.8, 4) is 0 Å². The van der Waals surface area contributed by atoms with Crippen molar-refractivity contribution in [1.82, 2.24) is 0 Å². The van der Waals surface area contributed by atoms with Gasteiger partial charge >= 0.3 is 17.1 Å². The zero-order chi connectivity index (χ0) is 20.2. The van der Waals surface area contributed by atoms with Gasteiger partial charge in [0, 0.05) is 17.9 Å². The zero-order valence-electron chi connectivity index (χ0n) is 16.8. The van der Waals surface area contributed by atoms with Gasteiger partial charge in [0.25, 0.3) is 0 Å². The maximum absolute atomic E-state index is 10.0. The van der Waals surface area contributed by atoms with Crippen LogP contribution in [0.5, 0.6) is 0 Å². The summed E-state index contributed by atoms with van der Waals surface area (Å²) in [5, 5.41) is 30.1. The predicted octanol–water partition coefficient (Wildman–Crippen LogP) is 0.0827. The molecule has 1 radical (unpaired) electrons. The van der Waals surface area contributed by atoms with E-state index in [1.54, 1.807) is 20.8 Å². The maximum atomic E-state index is 10.0. The molecular formula is C18H33FeO6. The first-order chi connectivity index (χ1) is 10.7. The van der Waals surface area contributed by atoms with Gasteiger partial charge in [0.2, 0.25) is 0 Å². The van der Waals surface area contributed by atoms with Crippen LogP contribution >= 0.6 is 0 Å². The van der Waals surface area contributed by atoms with Gasteiger partial charge in [-0.15, -0.1) is 0 Å². The van der Waals surface area contributed by atoms with Gasteiger partial charge in [0.05, 0.1) is 0 Å². The van der Waals surface area contributed by atoms with E-state index < -0.39 is 17.9 Å². The fraction of sp³-hybridized carbons (Fsp3) is 0.833. The van der Waals surface area contributed by atoms with Crippen molar-refractivity contribution in [2.45, 2.75) is 62.3 Å². The van der Waals surface area contributed by atoms with Gasteiger partial charge in [-0.05, 0) is 35.5 Å². The van der Waals surface area contributed by atoms with Crippen molar-refractivity contribution in [1.29, 1.82) is 0 Å². The van der Waals surface area contributed by atoms with Crippen LogP contribution in [0.4, 0.5) is 0 Å². The van der Waals surface area contributed by atoms with E-state index in [0.29, 0.717) is 0 Å². The molecule has 25 heavy (non-hydrogen) atoms. The fourth-order valence-corrected chi connectivity index (χ4v) is 0.816. The summed E-state index contributed by atoms with van der Waals surface area (Å²) >= 11 is 0. The Morgan fingerprint density at radius 3 is 0.600 bits per heavy atom. The van der Waals surface area contributed by atoms with Crippen LogP contribution in [0.3, 0.4) is 0 Å². The Bertz CT molecular complexity index is 323. The van der Waals surface area contributed by atoms with E-state index in [2.05, 4.69) is 0 Å². The second-order valence-electron chi connectivity index (χ2n) is 7.06. The van der Waals surface area contributed by atoms with Crippen LogP contribution in [0, 0.1) is 35.5 Å². The van der Waals surface area contributed by atoms with Crippen LogP contribution in [-0.2, 0) is 31.5 Å². The van der Waals surface area contributed by atoms with Crippen molar-refractivity contribution >= 4 is 17.9 Å². The molecule has 0 heterocycles. The Labute approximate surface area is 162 Å². The molecule has 0 saturated heterocycles. The molecule has 0 bridgehead atoms. The van der Waals surface area contributed by atoms with Gasteiger partial charge in [-0.2, -0.15) is 0 Å². The van der Waals surface area contributed by atoms with Gasteiger partial charge in [0.1, 0.15) is 0 Å². The molecule has 6 nitrogen and oxygen atoms in total. The summed E-state index contributed by atoms with van der Waals surface area (Å²) in [5.41, 5.74) is 0. The molecule has 0 aromatic carbocycles. The summed E-state index contributed by atoms with van der Waals surface area (Å²) < 4.78 is 0. The number of carboxylic acids is 3. The Hall–Kier alpha value is -1.07. The van der Waals surface area contributed by atoms with E-state index in [1.807, 2.05) is 41.5 Å². The zero-order valence-corrected chi connectivity index (χ0v) is 17.9. The molecule has 0 saturated carbocycles. The summed E-state index contributed by atoms with van der Waals surface area (Å²) in [6.45, 7) is 16.1. The number of carboxylic acid groups (broad SMARTS) is 3. The Balaban J connectivity index is -0.000000130. The molecule has 0 rings (SSSR count). The third-order valence-electron chi connectivity index (χ3n) is 4.12. The summed E-state index contributed by atoms with van der Waals surface area (Å²) in [7, 11) is 0. The number of aliphatic carboxylic acids is 3. The smallest absolute Gasteiger partial charge is 0.550 e. The minimum atomic E-state index is -0.958. The molecule has 0 N–H and O–H groups in total. The van der Waals surface area contributed by atoms with E-state index in [4.69, 9.17) is 0 Å². The van der Waals surface area contributed by atoms with Crippen LogP contribution in [0.25, 0.3) is 0 Å². The summed E-state index contributed by atoms with van der Waals surface area (Å²) in [5.74, 6) is -3.31. The molecule has 7 heteroatoms. The third kappa shape index (κ3) is 19.1. The van der Waals surface area contributed by atoms with Gasteiger partial charge in [-0.1, -0.05) is 62.3 Å². The monoisotopic (exact) mass is 401 g/mol. The van der Waals surface area contributed by atoms with E-state index in [-0.39, 0.29) is 52.6 Å². The minimum Gasteiger partial charge on any atom is -0.550 e. The molecule has 149 valence electrons. The molecule has 0 aromatic heterocycles. The molecule has 0 aliphatic rings. The number of carbonyl (C=O) groups is 3. The molecule has 0 aliphatic carbocycles. The molecule has 0 aliphatic heterocycles. The first-order valence-electron chi connectivity index (χ1n) is 8.29. The summed E-state index contributed by atoms with van der Waals surface area (Å²) in [4.78, 5) is 30.1. The average molecular weight is 401 g/mol. The molecule has 0 fully saturated rings. The second kappa shape index (κ2) is 16.4. The Morgan fingerprint density at radius 1 is 0.480 bits per heavy atom. The number of hydrogen-bond acceptors (Lipinski definition) is 6. The number of rotatable bonds is 6. The van der Waals surface area contributed by atoms with Crippen molar-refractivity contribution in [3.63, 3.8) is 0 Å². The Kier molecular flexibility index (Phi) is 20.8. The molecule has 3 unspecified atom stereocenters. The second-order valence-corrected chi connectivity index (χ2v) is 7.06. The first-order valence-corrected chi connectivity index (χ1v) is 8.29. The standard InChI is InChI=1S/3C6H12O2.Fe/c3*1-4(2)5(3)6(7)8;/h3*4-5H,1-3H3,(H,7,8);/q;;;+3/p-3. The third-order valence-corrected chi connectivity index (χ3v) is 4.12. The SMILES string of the molecule is CC(C)C(C)C(=O)[O-].CC(C)C(C)C(=O)[O-].CC(C)C(C)C(=O)[O-].[Fe+3]. The van der Waals surface area contributed by atoms with Crippen LogP contribution < -0.4 is 15.3 Å². The quantitative estimate of drug-likeness (QED) is 0.582. The normalized spacial score (nSPS) is 13.4. The molecule has 0 aromatic rings. The molecule has 0 amide bonds.